The minimum absolute atomic E-state index is 0.114. The zero-order valence-electron chi connectivity index (χ0n) is 14.4. The van der Waals surface area contributed by atoms with E-state index in [1.54, 1.807) is 41.4 Å². The van der Waals surface area contributed by atoms with Gasteiger partial charge >= 0.3 is 0 Å². The summed E-state index contributed by atoms with van der Waals surface area (Å²) in [6.45, 7) is 3.68. The number of benzene rings is 1. The van der Waals surface area contributed by atoms with Crippen molar-refractivity contribution in [3.05, 3.63) is 65.7 Å². The van der Waals surface area contributed by atoms with E-state index in [1.165, 1.54) is 12.1 Å². The molecule has 0 unspecified atom stereocenters. The van der Waals surface area contributed by atoms with Crippen LogP contribution in [-0.2, 0) is 0 Å². The minimum atomic E-state index is -0.489. The SMILES string of the molecule is O=C(NCCN1CCN(C(=O)c2ccccc2F)CC1)c1ccccn1. The number of piperazine rings is 1. The highest BCUT2D eigenvalue weighted by molar-refractivity contribution is 5.94. The lowest BCUT2D eigenvalue weighted by atomic mass is 10.1. The van der Waals surface area contributed by atoms with Crippen molar-refractivity contribution in [2.24, 2.45) is 0 Å². The second-order valence-corrected chi connectivity index (χ2v) is 6.08. The van der Waals surface area contributed by atoms with Crippen molar-refractivity contribution in [2.45, 2.75) is 0 Å². The van der Waals surface area contributed by atoms with Gasteiger partial charge in [-0.15, -0.1) is 0 Å². The highest BCUT2D eigenvalue weighted by Crippen LogP contribution is 2.12. The monoisotopic (exact) mass is 356 g/mol. The van der Waals surface area contributed by atoms with Crippen LogP contribution >= 0.6 is 0 Å². The Bertz CT molecular complexity index is 761. The van der Waals surface area contributed by atoms with E-state index >= 15 is 0 Å². The fourth-order valence-electron chi connectivity index (χ4n) is 2.89. The molecule has 2 heterocycles. The average Bonchev–Trinajstić information content (AvgIpc) is 2.69. The Balaban J connectivity index is 1.42. The van der Waals surface area contributed by atoms with E-state index in [1.807, 2.05) is 0 Å². The van der Waals surface area contributed by atoms with E-state index in [0.29, 0.717) is 45.0 Å². The molecule has 1 saturated heterocycles. The zero-order valence-corrected chi connectivity index (χ0v) is 14.4. The molecule has 1 N–H and O–H groups in total. The maximum Gasteiger partial charge on any atom is 0.269 e. The molecule has 2 aromatic rings. The van der Waals surface area contributed by atoms with Crippen molar-refractivity contribution >= 4 is 11.8 Å². The second-order valence-electron chi connectivity index (χ2n) is 6.08. The summed E-state index contributed by atoms with van der Waals surface area (Å²) in [7, 11) is 0. The summed E-state index contributed by atoms with van der Waals surface area (Å²) in [5.41, 5.74) is 0.511. The second kappa shape index (κ2) is 8.53. The van der Waals surface area contributed by atoms with Gasteiger partial charge in [-0.2, -0.15) is 0 Å². The Morgan fingerprint density at radius 3 is 2.46 bits per heavy atom. The van der Waals surface area contributed by atoms with E-state index in [4.69, 9.17) is 0 Å². The maximum atomic E-state index is 13.8. The minimum Gasteiger partial charge on any atom is -0.349 e. The van der Waals surface area contributed by atoms with Gasteiger partial charge in [-0.25, -0.2) is 4.39 Å². The van der Waals surface area contributed by atoms with Crippen LogP contribution in [0.4, 0.5) is 4.39 Å². The van der Waals surface area contributed by atoms with Crippen molar-refractivity contribution in [3.63, 3.8) is 0 Å². The topological polar surface area (TPSA) is 65.5 Å². The molecular weight excluding hydrogens is 335 g/mol. The van der Waals surface area contributed by atoms with Crippen LogP contribution < -0.4 is 5.32 Å². The lowest BCUT2D eigenvalue weighted by Gasteiger charge is -2.34. The summed E-state index contributed by atoms with van der Waals surface area (Å²) in [5, 5.41) is 2.84. The molecular formula is C19H21FN4O2. The third kappa shape index (κ3) is 4.43. The number of rotatable bonds is 5. The molecule has 1 aromatic carbocycles. The van der Waals surface area contributed by atoms with Gasteiger partial charge in [-0.1, -0.05) is 18.2 Å². The van der Waals surface area contributed by atoms with Gasteiger partial charge in [-0.3, -0.25) is 19.5 Å². The van der Waals surface area contributed by atoms with Crippen LogP contribution in [0.25, 0.3) is 0 Å². The fourth-order valence-corrected chi connectivity index (χ4v) is 2.89. The first kappa shape index (κ1) is 18.0. The van der Waals surface area contributed by atoms with Gasteiger partial charge in [0.1, 0.15) is 11.5 Å². The molecule has 136 valence electrons. The normalized spacial score (nSPS) is 14.9. The maximum absolute atomic E-state index is 13.8. The molecule has 0 aliphatic carbocycles. The van der Waals surface area contributed by atoms with E-state index < -0.39 is 5.82 Å². The third-order valence-corrected chi connectivity index (χ3v) is 4.37. The van der Waals surface area contributed by atoms with Gasteiger partial charge in [0.25, 0.3) is 11.8 Å². The zero-order chi connectivity index (χ0) is 18.4. The number of nitrogens with zero attached hydrogens (tertiary/aromatic N) is 3. The summed E-state index contributed by atoms with van der Waals surface area (Å²) < 4.78 is 13.8. The van der Waals surface area contributed by atoms with Crippen molar-refractivity contribution in [1.29, 1.82) is 0 Å². The van der Waals surface area contributed by atoms with Crippen molar-refractivity contribution in [1.82, 2.24) is 20.1 Å². The first-order valence-electron chi connectivity index (χ1n) is 8.60. The smallest absolute Gasteiger partial charge is 0.269 e. The van der Waals surface area contributed by atoms with E-state index in [9.17, 15) is 14.0 Å². The molecule has 1 aromatic heterocycles. The summed E-state index contributed by atoms with van der Waals surface area (Å²) in [6.07, 6.45) is 1.58. The summed E-state index contributed by atoms with van der Waals surface area (Å²) >= 11 is 0. The number of carbonyl (C=O) groups excluding carboxylic acids is 2. The van der Waals surface area contributed by atoms with E-state index in [-0.39, 0.29) is 17.4 Å². The highest BCUT2D eigenvalue weighted by Gasteiger charge is 2.23. The number of hydrogen-bond acceptors (Lipinski definition) is 4. The van der Waals surface area contributed by atoms with E-state index in [2.05, 4.69) is 15.2 Å². The Morgan fingerprint density at radius 1 is 1.04 bits per heavy atom. The summed E-state index contributed by atoms with van der Waals surface area (Å²) in [4.78, 5) is 32.2. The molecule has 26 heavy (non-hydrogen) atoms. The van der Waals surface area contributed by atoms with Crippen LogP contribution in [0.3, 0.4) is 0 Å². The third-order valence-electron chi connectivity index (χ3n) is 4.37. The van der Waals surface area contributed by atoms with Crippen molar-refractivity contribution in [2.75, 3.05) is 39.3 Å². The molecule has 0 radical (unpaired) electrons. The fraction of sp³-hybridized carbons (Fsp3) is 0.316. The first-order valence-corrected chi connectivity index (χ1v) is 8.60. The average molecular weight is 356 g/mol. The molecule has 0 atom stereocenters. The number of nitrogens with one attached hydrogen (secondary N) is 1. The molecule has 0 bridgehead atoms. The molecule has 1 fully saturated rings. The van der Waals surface area contributed by atoms with Crippen molar-refractivity contribution in [3.8, 4) is 0 Å². The molecule has 2 amide bonds. The number of amides is 2. The van der Waals surface area contributed by atoms with Crippen LogP contribution in [0.2, 0.25) is 0 Å². The molecule has 1 aliphatic heterocycles. The largest absolute Gasteiger partial charge is 0.349 e. The predicted molar refractivity (Wildman–Crippen MR) is 95.3 cm³/mol. The Kier molecular flexibility index (Phi) is 5.91. The molecule has 3 rings (SSSR count). The Hall–Kier alpha value is -2.80. The lowest BCUT2D eigenvalue weighted by molar-refractivity contribution is 0.0633. The van der Waals surface area contributed by atoms with Crippen LogP contribution in [0.1, 0.15) is 20.8 Å². The number of carbonyl (C=O) groups is 2. The molecule has 7 heteroatoms. The lowest BCUT2D eigenvalue weighted by Crippen LogP contribution is -2.50. The number of pyridine rings is 1. The number of aromatic nitrogens is 1. The van der Waals surface area contributed by atoms with Gasteiger partial charge in [0.15, 0.2) is 0 Å². The van der Waals surface area contributed by atoms with Gasteiger partial charge in [0.05, 0.1) is 5.56 Å². The van der Waals surface area contributed by atoms with Crippen molar-refractivity contribution < 1.29 is 14.0 Å². The first-order chi connectivity index (χ1) is 12.6. The van der Waals surface area contributed by atoms with Gasteiger partial charge < -0.3 is 10.2 Å². The summed E-state index contributed by atoms with van der Waals surface area (Å²) in [5.74, 6) is -0.956. The summed E-state index contributed by atoms with van der Waals surface area (Å²) in [6, 6.07) is 11.3. The molecule has 1 aliphatic rings. The molecule has 6 nitrogen and oxygen atoms in total. The standard InChI is InChI=1S/C19H21FN4O2/c20-16-6-2-1-5-15(16)19(26)24-13-11-23(12-14-24)10-9-22-18(25)17-7-3-4-8-21-17/h1-8H,9-14H2,(H,22,25). The van der Waals surface area contributed by atoms with Gasteiger partial charge in [0.2, 0.25) is 0 Å². The van der Waals surface area contributed by atoms with Gasteiger partial charge in [-0.05, 0) is 24.3 Å². The van der Waals surface area contributed by atoms with Crippen LogP contribution in [-0.4, -0.2) is 65.9 Å². The predicted octanol–water partition coefficient (Wildman–Crippen LogP) is 1.41. The quantitative estimate of drug-likeness (QED) is 0.880. The van der Waals surface area contributed by atoms with E-state index in [0.717, 1.165) is 0 Å². The Morgan fingerprint density at radius 2 is 1.77 bits per heavy atom. The Labute approximate surface area is 151 Å². The number of halogens is 1. The van der Waals surface area contributed by atoms with Crippen LogP contribution in [0.5, 0.6) is 0 Å². The van der Waals surface area contributed by atoms with Gasteiger partial charge in [0, 0.05) is 45.5 Å². The molecule has 0 spiro atoms. The number of hydrogen-bond donors (Lipinski definition) is 1. The van der Waals surface area contributed by atoms with Crippen LogP contribution in [0.15, 0.2) is 48.7 Å². The highest BCUT2D eigenvalue weighted by atomic mass is 19.1. The van der Waals surface area contributed by atoms with Crippen LogP contribution in [0, 0.1) is 5.82 Å². The molecule has 0 saturated carbocycles.